The summed E-state index contributed by atoms with van der Waals surface area (Å²) in [4.78, 5) is 23.9. The second-order valence-corrected chi connectivity index (χ2v) is 3.59. The Bertz CT molecular complexity index is 693. The van der Waals surface area contributed by atoms with E-state index in [1.165, 1.54) is 0 Å². The van der Waals surface area contributed by atoms with Crippen LogP contribution in [0.3, 0.4) is 0 Å². The summed E-state index contributed by atoms with van der Waals surface area (Å²) in [5, 5.41) is 9.45. The van der Waals surface area contributed by atoms with E-state index in [-0.39, 0.29) is 5.88 Å². The van der Waals surface area contributed by atoms with Crippen molar-refractivity contribution in [1.29, 1.82) is 0 Å². The number of aliphatic imine (C=N–C) groups is 1. The largest absolute Gasteiger partial charge is 0.493 e. The van der Waals surface area contributed by atoms with Gasteiger partial charge in [0.25, 0.3) is 0 Å². The molecule has 6 heteroatoms. The first-order valence-electron chi connectivity index (χ1n) is 4.95. The van der Waals surface area contributed by atoms with Crippen LogP contribution in [-0.2, 0) is 0 Å². The van der Waals surface area contributed by atoms with E-state index in [0.29, 0.717) is 5.69 Å². The third kappa shape index (κ3) is 1.55. The highest BCUT2D eigenvalue weighted by Gasteiger charge is 2.13. The molecule has 6 nitrogen and oxygen atoms in total. The zero-order valence-corrected chi connectivity index (χ0v) is 8.64. The van der Waals surface area contributed by atoms with Crippen molar-refractivity contribution in [2.75, 3.05) is 0 Å². The minimum Gasteiger partial charge on any atom is -0.493 e. The number of rotatable bonds is 1. The number of allylic oxidation sites excluding steroid dienone is 1. The van der Waals surface area contributed by atoms with Gasteiger partial charge < -0.3 is 10.1 Å². The quantitative estimate of drug-likeness (QED) is 0.681. The van der Waals surface area contributed by atoms with Gasteiger partial charge in [0, 0.05) is 29.7 Å². The van der Waals surface area contributed by atoms with Crippen LogP contribution in [0.1, 0.15) is 11.3 Å². The normalized spacial score (nSPS) is 15.4. The monoisotopic (exact) mass is 228 g/mol. The Balaban J connectivity index is 2.11. The number of aromatic amines is 2. The Morgan fingerprint density at radius 2 is 2.24 bits per heavy atom. The molecular weight excluding hydrogens is 220 g/mol. The summed E-state index contributed by atoms with van der Waals surface area (Å²) in [7, 11) is 0. The van der Waals surface area contributed by atoms with Gasteiger partial charge in [0.05, 0.1) is 5.69 Å². The summed E-state index contributed by atoms with van der Waals surface area (Å²) in [5.74, 6) is -0.187. The van der Waals surface area contributed by atoms with Crippen LogP contribution < -0.4 is 5.69 Å². The first-order chi connectivity index (χ1) is 8.24. The number of aromatic nitrogens is 3. The summed E-state index contributed by atoms with van der Waals surface area (Å²) in [6.45, 7) is 0. The highest BCUT2D eigenvalue weighted by molar-refractivity contribution is 6.21. The van der Waals surface area contributed by atoms with E-state index >= 15 is 0 Å². The number of aromatic hydroxyl groups is 1. The minimum absolute atomic E-state index is 0.187. The molecule has 0 amide bonds. The average molecular weight is 228 g/mol. The van der Waals surface area contributed by atoms with Crippen molar-refractivity contribution in [3.8, 4) is 5.88 Å². The lowest BCUT2D eigenvalue weighted by molar-refractivity contribution is 0.454. The summed E-state index contributed by atoms with van der Waals surface area (Å²) in [6.07, 6.45) is 6.66. The Morgan fingerprint density at radius 1 is 1.35 bits per heavy atom. The predicted octanol–water partition coefficient (Wildman–Crippen LogP) is 1.06. The number of pyridine rings is 1. The molecule has 0 unspecified atom stereocenters. The molecule has 0 atom stereocenters. The van der Waals surface area contributed by atoms with Gasteiger partial charge in [-0.1, -0.05) is 0 Å². The number of hydrogen-bond acceptors (Lipinski definition) is 4. The van der Waals surface area contributed by atoms with Crippen LogP contribution in [0.25, 0.3) is 11.6 Å². The van der Waals surface area contributed by atoms with Gasteiger partial charge in [0.15, 0.2) is 0 Å². The SMILES string of the molecule is O=c1[nH]c(O)c(C=C2C=Nc3ccncc32)[nH]1. The molecule has 0 fully saturated rings. The number of fused-ring (bicyclic) bond motifs is 1. The molecule has 17 heavy (non-hydrogen) atoms. The van der Waals surface area contributed by atoms with Crippen LogP contribution in [0, 0.1) is 0 Å². The van der Waals surface area contributed by atoms with Crippen LogP contribution in [-0.4, -0.2) is 26.3 Å². The van der Waals surface area contributed by atoms with Gasteiger partial charge in [0.1, 0.15) is 5.69 Å². The van der Waals surface area contributed by atoms with Gasteiger partial charge in [-0.2, -0.15) is 0 Å². The van der Waals surface area contributed by atoms with Gasteiger partial charge in [0.2, 0.25) is 5.88 Å². The molecule has 2 aromatic heterocycles. The molecule has 3 N–H and O–H groups in total. The Hall–Kier alpha value is -2.63. The van der Waals surface area contributed by atoms with E-state index in [9.17, 15) is 9.90 Å². The van der Waals surface area contributed by atoms with Crippen molar-refractivity contribution < 1.29 is 5.11 Å². The van der Waals surface area contributed by atoms with Crippen LogP contribution >= 0.6 is 0 Å². The third-order valence-corrected chi connectivity index (χ3v) is 2.49. The Morgan fingerprint density at radius 3 is 3.00 bits per heavy atom. The summed E-state index contributed by atoms with van der Waals surface area (Å²) < 4.78 is 0. The lowest BCUT2D eigenvalue weighted by Crippen LogP contribution is -2.00. The van der Waals surface area contributed by atoms with E-state index in [1.54, 1.807) is 30.8 Å². The van der Waals surface area contributed by atoms with Gasteiger partial charge in [-0.05, 0) is 12.1 Å². The predicted molar refractivity (Wildman–Crippen MR) is 63.3 cm³/mol. The lowest BCUT2D eigenvalue weighted by Gasteiger charge is -1.97. The molecule has 1 aliphatic heterocycles. The third-order valence-electron chi connectivity index (χ3n) is 2.49. The van der Waals surface area contributed by atoms with Gasteiger partial charge in [-0.3, -0.25) is 15.0 Å². The highest BCUT2D eigenvalue weighted by atomic mass is 16.3. The summed E-state index contributed by atoms with van der Waals surface area (Å²) >= 11 is 0. The maximum absolute atomic E-state index is 11.0. The van der Waals surface area contributed by atoms with Crippen LogP contribution in [0.4, 0.5) is 5.69 Å². The highest BCUT2D eigenvalue weighted by Crippen LogP contribution is 2.31. The van der Waals surface area contributed by atoms with Gasteiger partial charge in [-0.15, -0.1) is 0 Å². The number of hydrogen-bond donors (Lipinski definition) is 3. The van der Waals surface area contributed by atoms with E-state index in [2.05, 4.69) is 19.9 Å². The zero-order valence-electron chi connectivity index (χ0n) is 8.64. The van der Waals surface area contributed by atoms with Crippen molar-refractivity contribution in [2.24, 2.45) is 4.99 Å². The molecule has 84 valence electrons. The van der Waals surface area contributed by atoms with Crippen LogP contribution in [0.15, 0.2) is 28.2 Å². The maximum atomic E-state index is 11.0. The number of nitrogens with zero attached hydrogens (tertiary/aromatic N) is 2. The fourth-order valence-corrected chi connectivity index (χ4v) is 1.69. The van der Waals surface area contributed by atoms with Crippen molar-refractivity contribution in [2.45, 2.75) is 0 Å². The van der Waals surface area contributed by atoms with E-state index in [1.807, 2.05) is 0 Å². The van der Waals surface area contributed by atoms with E-state index in [0.717, 1.165) is 16.8 Å². The van der Waals surface area contributed by atoms with E-state index < -0.39 is 5.69 Å². The molecule has 3 rings (SSSR count). The number of H-pyrrole nitrogens is 2. The molecular formula is C11H8N4O2. The topological polar surface area (TPSA) is 94.1 Å². The molecule has 0 spiro atoms. The smallest absolute Gasteiger partial charge is 0.326 e. The Kier molecular flexibility index (Phi) is 1.94. The lowest BCUT2D eigenvalue weighted by atomic mass is 10.1. The standard InChI is InChI=1S/C11H8N4O2/c16-10-9(14-11(17)15-10)3-6-4-13-8-1-2-12-5-7(6)8/h1-5,16H,(H2,14,15,17). The molecule has 3 heterocycles. The van der Waals surface area contributed by atoms with Crippen molar-refractivity contribution >= 4 is 23.6 Å². The molecule has 0 saturated carbocycles. The van der Waals surface area contributed by atoms with E-state index in [4.69, 9.17) is 0 Å². The number of imidazole rings is 1. The fraction of sp³-hybridized carbons (Fsp3) is 0. The van der Waals surface area contributed by atoms with Gasteiger partial charge >= 0.3 is 5.69 Å². The average Bonchev–Trinajstić information content (AvgIpc) is 2.85. The van der Waals surface area contributed by atoms with Crippen LogP contribution in [0.5, 0.6) is 5.88 Å². The summed E-state index contributed by atoms with van der Waals surface area (Å²) in [6, 6.07) is 1.80. The molecule has 0 aliphatic carbocycles. The van der Waals surface area contributed by atoms with Crippen molar-refractivity contribution in [1.82, 2.24) is 15.0 Å². The van der Waals surface area contributed by atoms with Crippen LogP contribution in [0.2, 0.25) is 0 Å². The molecule has 0 bridgehead atoms. The second-order valence-electron chi connectivity index (χ2n) is 3.59. The first-order valence-corrected chi connectivity index (χ1v) is 4.95. The molecule has 2 aromatic rings. The molecule has 0 aromatic carbocycles. The zero-order chi connectivity index (χ0) is 11.8. The fourth-order valence-electron chi connectivity index (χ4n) is 1.69. The van der Waals surface area contributed by atoms with Crippen molar-refractivity contribution in [3.05, 3.63) is 40.2 Å². The van der Waals surface area contributed by atoms with Gasteiger partial charge in [-0.25, -0.2) is 4.79 Å². The van der Waals surface area contributed by atoms with Crippen molar-refractivity contribution in [3.63, 3.8) is 0 Å². The number of nitrogens with one attached hydrogen (secondary N) is 2. The minimum atomic E-state index is -0.448. The molecule has 0 radical (unpaired) electrons. The molecule has 0 saturated heterocycles. The Labute approximate surface area is 95.4 Å². The molecule has 1 aliphatic rings. The second kappa shape index (κ2) is 3.44. The maximum Gasteiger partial charge on any atom is 0.326 e. The summed E-state index contributed by atoms with van der Waals surface area (Å²) in [5.41, 5.74) is 2.36. The first kappa shape index (κ1) is 9.59.